The smallest absolute Gasteiger partial charge is 0.330 e. The average Bonchev–Trinajstić information content (AvgIpc) is 2.86. The van der Waals surface area contributed by atoms with Crippen molar-refractivity contribution in [2.24, 2.45) is 0 Å². The minimum Gasteiger partial charge on any atom is -0.463 e. The topological polar surface area (TPSA) is 44.1 Å². The third-order valence-corrected chi connectivity index (χ3v) is 2.39. The number of halogens is 1. The molecule has 1 heterocycles. The first-order chi connectivity index (χ1) is 9.19. The molecule has 2 aromatic rings. The summed E-state index contributed by atoms with van der Waals surface area (Å²) in [6.45, 7) is 2.09. The van der Waals surface area contributed by atoms with Crippen molar-refractivity contribution >= 4 is 12.0 Å². The lowest BCUT2D eigenvalue weighted by molar-refractivity contribution is -0.137. The summed E-state index contributed by atoms with van der Waals surface area (Å²) in [6, 6.07) is 5.98. The minimum atomic E-state index is -0.392. The lowest BCUT2D eigenvalue weighted by Crippen LogP contribution is -1.98. The van der Waals surface area contributed by atoms with E-state index in [0.29, 0.717) is 6.61 Å². The maximum Gasteiger partial charge on any atom is 0.330 e. The number of benzene rings is 1. The van der Waals surface area contributed by atoms with Crippen LogP contribution in [0.1, 0.15) is 12.5 Å². The summed E-state index contributed by atoms with van der Waals surface area (Å²) in [4.78, 5) is 11.2. The van der Waals surface area contributed by atoms with Gasteiger partial charge in [-0.05, 0) is 37.3 Å². The van der Waals surface area contributed by atoms with Crippen molar-refractivity contribution in [3.63, 3.8) is 0 Å². The van der Waals surface area contributed by atoms with Crippen LogP contribution in [0.3, 0.4) is 0 Å². The molecule has 0 spiro atoms. The molecule has 0 aliphatic rings. The van der Waals surface area contributed by atoms with E-state index in [0.717, 1.165) is 11.3 Å². The van der Waals surface area contributed by atoms with Gasteiger partial charge < -0.3 is 4.74 Å². The van der Waals surface area contributed by atoms with Gasteiger partial charge in [-0.3, -0.25) is 0 Å². The Morgan fingerprint density at radius 1 is 1.42 bits per heavy atom. The average molecular weight is 260 g/mol. The van der Waals surface area contributed by atoms with Crippen molar-refractivity contribution < 1.29 is 13.9 Å². The van der Waals surface area contributed by atoms with E-state index in [1.807, 2.05) is 0 Å². The predicted molar refractivity (Wildman–Crippen MR) is 69.2 cm³/mol. The Bertz CT molecular complexity index is 588. The maximum absolute atomic E-state index is 12.8. The van der Waals surface area contributed by atoms with Gasteiger partial charge in [0.25, 0.3) is 0 Å². The first-order valence-corrected chi connectivity index (χ1v) is 5.84. The number of hydrogen-bond donors (Lipinski definition) is 0. The van der Waals surface area contributed by atoms with Gasteiger partial charge in [0, 0.05) is 17.8 Å². The van der Waals surface area contributed by atoms with Gasteiger partial charge in [0.15, 0.2) is 0 Å². The Labute approximate surface area is 110 Å². The van der Waals surface area contributed by atoms with Crippen LogP contribution in [-0.2, 0) is 9.53 Å². The molecule has 0 atom stereocenters. The minimum absolute atomic E-state index is 0.293. The van der Waals surface area contributed by atoms with Gasteiger partial charge in [-0.15, -0.1) is 0 Å². The first-order valence-electron chi connectivity index (χ1n) is 5.84. The van der Waals surface area contributed by atoms with E-state index in [1.54, 1.807) is 42.2 Å². The summed E-state index contributed by atoms with van der Waals surface area (Å²) in [7, 11) is 0. The standard InChI is InChI=1S/C14H13FN2O2/c1-2-19-14(18)8-3-11-9-16-17(10-11)13-6-4-12(15)5-7-13/h3-10H,2H2,1H3. The van der Waals surface area contributed by atoms with Crippen LogP contribution in [0.2, 0.25) is 0 Å². The van der Waals surface area contributed by atoms with Crippen LogP contribution < -0.4 is 0 Å². The van der Waals surface area contributed by atoms with E-state index < -0.39 is 5.97 Å². The van der Waals surface area contributed by atoms with Gasteiger partial charge in [0.05, 0.1) is 18.5 Å². The van der Waals surface area contributed by atoms with Gasteiger partial charge in [0.2, 0.25) is 0 Å². The Morgan fingerprint density at radius 2 is 2.16 bits per heavy atom. The maximum atomic E-state index is 12.8. The molecule has 0 aliphatic heterocycles. The number of hydrogen-bond acceptors (Lipinski definition) is 3. The molecule has 0 saturated heterocycles. The summed E-state index contributed by atoms with van der Waals surface area (Å²) in [5, 5.41) is 4.13. The van der Waals surface area contributed by atoms with Crippen LogP contribution in [0.15, 0.2) is 42.7 Å². The van der Waals surface area contributed by atoms with Crippen molar-refractivity contribution in [2.45, 2.75) is 6.92 Å². The van der Waals surface area contributed by atoms with Crippen LogP contribution >= 0.6 is 0 Å². The number of carbonyl (C=O) groups is 1. The molecule has 19 heavy (non-hydrogen) atoms. The van der Waals surface area contributed by atoms with Crippen molar-refractivity contribution in [1.29, 1.82) is 0 Å². The van der Waals surface area contributed by atoms with Gasteiger partial charge in [-0.25, -0.2) is 13.9 Å². The quantitative estimate of drug-likeness (QED) is 0.627. The molecule has 1 aromatic heterocycles. The van der Waals surface area contributed by atoms with Gasteiger partial charge >= 0.3 is 5.97 Å². The molecule has 2 rings (SSSR count). The zero-order valence-electron chi connectivity index (χ0n) is 10.4. The lowest BCUT2D eigenvalue weighted by atomic mass is 10.3. The predicted octanol–water partition coefficient (Wildman–Crippen LogP) is 2.59. The van der Waals surface area contributed by atoms with Gasteiger partial charge in [-0.2, -0.15) is 5.10 Å². The number of ether oxygens (including phenoxy) is 1. The van der Waals surface area contributed by atoms with Crippen molar-refractivity contribution in [3.05, 3.63) is 54.1 Å². The second-order valence-corrected chi connectivity index (χ2v) is 3.78. The summed E-state index contributed by atoms with van der Waals surface area (Å²) in [5.41, 5.74) is 1.51. The number of esters is 1. The molecule has 0 aliphatic carbocycles. The number of aromatic nitrogens is 2. The second-order valence-electron chi connectivity index (χ2n) is 3.78. The molecular weight excluding hydrogens is 247 g/mol. The highest BCUT2D eigenvalue weighted by Crippen LogP contribution is 2.10. The van der Waals surface area contributed by atoms with Crippen LogP contribution in [0.25, 0.3) is 11.8 Å². The van der Waals surface area contributed by atoms with Crippen molar-refractivity contribution in [1.82, 2.24) is 9.78 Å². The molecule has 0 fully saturated rings. The molecule has 0 unspecified atom stereocenters. The molecule has 0 N–H and O–H groups in total. The zero-order valence-corrected chi connectivity index (χ0v) is 10.4. The van der Waals surface area contributed by atoms with Crippen LogP contribution in [0.5, 0.6) is 0 Å². The van der Waals surface area contributed by atoms with Gasteiger partial charge in [-0.1, -0.05) is 0 Å². The van der Waals surface area contributed by atoms with Gasteiger partial charge in [0.1, 0.15) is 5.82 Å². The summed E-state index contributed by atoms with van der Waals surface area (Å²) in [5.74, 6) is -0.685. The first kappa shape index (κ1) is 13.0. The van der Waals surface area contributed by atoms with Crippen LogP contribution in [0, 0.1) is 5.82 Å². The molecule has 5 heteroatoms. The normalized spacial score (nSPS) is 10.8. The molecular formula is C14H13FN2O2. The number of carbonyl (C=O) groups excluding carboxylic acids is 1. The number of rotatable bonds is 4. The SMILES string of the molecule is CCOC(=O)C=Cc1cnn(-c2ccc(F)cc2)c1. The van der Waals surface area contributed by atoms with E-state index in [1.165, 1.54) is 18.2 Å². The Morgan fingerprint density at radius 3 is 2.84 bits per heavy atom. The highest BCUT2D eigenvalue weighted by Gasteiger charge is 2.00. The summed E-state index contributed by atoms with van der Waals surface area (Å²) in [6.07, 6.45) is 6.31. The van der Waals surface area contributed by atoms with E-state index in [4.69, 9.17) is 4.74 Å². The van der Waals surface area contributed by atoms with Crippen molar-refractivity contribution in [2.75, 3.05) is 6.61 Å². The third-order valence-electron chi connectivity index (χ3n) is 2.39. The fraction of sp³-hybridized carbons (Fsp3) is 0.143. The van der Waals surface area contributed by atoms with E-state index in [2.05, 4.69) is 5.10 Å². The highest BCUT2D eigenvalue weighted by molar-refractivity contribution is 5.86. The fourth-order valence-electron chi connectivity index (χ4n) is 1.51. The monoisotopic (exact) mass is 260 g/mol. The fourth-order valence-corrected chi connectivity index (χ4v) is 1.51. The Kier molecular flexibility index (Phi) is 4.07. The summed E-state index contributed by atoms with van der Waals surface area (Å²) < 4.78 is 19.2. The van der Waals surface area contributed by atoms with E-state index in [9.17, 15) is 9.18 Å². The van der Waals surface area contributed by atoms with Crippen molar-refractivity contribution in [3.8, 4) is 5.69 Å². The third kappa shape index (κ3) is 3.51. The highest BCUT2D eigenvalue weighted by atomic mass is 19.1. The van der Waals surface area contributed by atoms with Crippen LogP contribution in [0.4, 0.5) is 4.39 Å². The lowest BCUT2D eigenvalue weighted by Gasteiger charge is -1.99. The molecule has 98 valence electrons. The molecule has 0 saturated carbocycles. The zero-order chi connectivity index (χ0) is 13.7. The Balaban J connectivity index is 2.11. The molecule has 0 amide bonds. The largest absolute Gasteiger partial charge is 0.463 e. The molecule has 1 aromatic carbocycles. The number of nitrogens with zero attached hydrogens (tertiary/aromatic N) is 2. The Hall–Kier alpha value is -2.43. The van der Waals surface area contributed by atoms with E-state index >= 15 is 0 Å². The van der Waals surface area contributed by atoms with E-state index in [-0.39, 0.29) is 5.82 Å². The summed E-state index contributed by atoms with van der Waals surface area (Å²) >= 11 is 0. The second kappa shape index (κ2) is 5.95. The van der Waals surface area contributed by atoms with Crippen LogP contribution in [-0.4, -0.2) is 22.4 Å². The molecule has 4 nitrogen and oxygen atoms in total. The molecule has 0 bridgehead atoms. The molecule has 0 radical (unpaired) electrons.